The third-order valence-corrected chi connectivity index (χ3v) is 4.08. The first-order valence-electron chi connectivity index (χ1n) is 8.29. The van der Waals surface area contributed by atoms with Crippen molar-refractivity contribution in [2.24, 2.45) is 0 Å². The van der Waals surface area contributed by atoms with Crippen LogP contribution in [0, 0.1) is 5.82 Å². The lowest BCUT2D eigenvalue weighted by molar-refractivity contribution is -0.125. The van der Waals surface area contributed by atoms with E-state index in [1.807, 2.05) is 6.92 Å². The summed E-state index contributed by atoms with van der Waals surface area (Å²) in [7, 11) is 0. The molecule has 0 spiro atoms. The van der Waals surface area contributed by atoms with Crippen LogP contribution >= 0.6 is 0 Å². The molecule has 0 aliphatic carbocycles. The maximum Gasteiger partial charge on any atom is 0.243 e. The second-order valence-electron chi connectivity index (χ2n) is 5.85. The molecule has 0 fully saturated rings. The van der Waals surface area contributed by atoms with Gasteiger partial charge in [-0.15, -0.1) is 0 Å². The highest BCUT2D eigenvalue weighted by Crippen LogP contribution is 2.34. The zero-order chi connectivity index (χ0) is 18.5. The van der Waals surface area contributed by atoms with Gasteiger partial charge in [-0.05, 0) is 36.2 Å². The minimum Gasteiger partial charge on any atom is -0.454 e. The van der Waals surface area contributed by atoms with E-state index in [1.54, 1.807) is 30.3 Å². The Morgan fingerprint density at radius 2 is 1.85 bits per heavy atom. The second-order valence-corrected chi connectivity index (χ2v) is 5.85. The molecule has 2 amide bonds. The van der Waals surface area contributed by atoms with Crippen molar-refractivity contribution in [1.29, 1.82) is 0 Å². The third-order valence-electron chi connectivity index (χ3n) is 4.08. The van der Waals surface area contributed by atoms with Crippen LogP contribution in [-0.2, 0) is 9.59 Å². The first-order chi connectivity index (χ1) is 12.6. The van der Waals surface area contributed by atoms with Crippen molar-refractivity contribution in [2.75, 3.05) is 18.7 Å². The first kappa shape index (κ1) is 17.7. The summed E-state index contributed by atoms with van der Waals surface area (Å²) in [6.45, 7) is 1.86. The van der Waals surface area contributed by atoms with E-state index < -0.39 is 5.92 Å². The number of carbonyl (C=O) groups is 2. The summed E-state index contributed by atoms with van der Waals surface area (Å²) in [5, 5.41) is 5.31. The van der Waals surface area contributed by atoms with E-state index in [1.165, 1.54) is 12.1 Å². The zero-order valence-corrected chi connectivity index (χ0v) is 14.3. The van der Waals surface area contributed by atoms with Gasteiger partial charge in [0, 0.05) is 11.8 Å². The van der Waals surface area contributed by atoms with Gasteiger partial charge in [-0.25, -0.2) is 4.39 Å². The van der Waals surface area contributed by atoms with Crippen molar-refractivity contribution in [3.05, 3.63) is 53.8 Å². The summed E-state index contributed by atoms with van der Waals surface area (Å²) in [6.07, 6.45) is 0.543. The van der Waals surface area contributed by atoms with Crippen LogP contribution < -0.4 is 20.1 Å². The first-order valence-corrected chi connectivity index (χ1v) is 8.29. The monoisotopic (exact) mass is 358 g/mol. The van der Waals surface area contributed by atoms with E-state index in [0.29, 0.717) is 29.2 Å². The Bertz CT molecular complexity index is 808. The van der Waals surface area contributed by atoms with Gasteiger partial charge >= 0.3 is 0 Å². The molecule has 6 nitrogen and oxygen atoms in total. The van der Waals surface area contributed by atoms with Crippen molar-refractivity contribution in [3.63, 3.8) is 0 Å². The van der Waals surface area contributed by atoms with Gasteiger partial charge in [-0.3, -0.25) is 9.59 Å². The van der Waals surface area contributed by atoms with Crippen LogP contribution in [-0.4, -0.2) is 25.2 Å². The molecule has 0 aromatic heterocycles. The molecule has 1 atom stereocenters. The number of hydrogen-bond acceptors (Lipinski definition) is 4. The third kappa shape index (κ3) is 4.11. The van der Waals surface area contributed by atoms with E-state index in [4.69, 9.17) is 9.47 Å². The summed E-state index contributed by atoms with van der Waals surface area (Å²) in [5.41, 5.74) is 1.27. The fourth-order valence-electron chi connectivity index (χ4n) is 2.74. The molecule has 0 bridgehead atoms. The van der Waals surface area contributed by atoms with Crippen LogP contribution in [0.3, 0.4) is 0 Å². The van der Waals surface area contributed by atoms with Crippen LogP contribution in [0.2, 0.25) is 0 Å². The molecule has 1 unspecified atom stereocenters. The van der Waals surface area contributed by atoms with Crippen molar-refractivity contribution in [3.8, 4) is 11.5 Å². The van der Waals surface area contributed by atoms with Gasteiger partial charge in [-0.2, -0.15) is 0 Å². The van der Waals surface area contributed by atoms with Gasteiger partial charge in [0.05, 0.1) is 12.5 Å². The Hall–Kier alpha value is -3.09. The molecular formula is C19H19FN2O4. The summed E-state index contributed by atoms with van der Waals surface area (Å²) < 4.78 is 23.5. The van der Waals surface area contributed by atoms with E-state index >= 15 is 0 Å². The molecular weight excluding hydrogens is 339 g/mol. The van der Waals surface area contributed by atoms with Crippen LogP contribution in [0.15, 0.2) is 42.5 Å². The van der Waals surface area contributed by atoms with Gasteiger partial charge in [0.25, 0.3) is 0 Å². The van der Waals surface area contributed by atoms with Gasteiger partial charge in [0.15, 0.2) is 11.5 Å². The highest BCUT2D eigenvalue weighted by atomic mass is 19.1. The van der Waals surface area contributed by atoms with Crippen LogP contribution in [0.5, 0.6) is 11.5 Å². The Morgan fingerprint density at radius 1 is 1.12 bits per heavy atom. The molecule has 7 heteroatoms. The molecule has 26 heavy (non-hydrogen) atoms. The number of halogens is 1. The standard InChI is InChI=1S/C19H19FN2O4/c1-2-15(12-3-5-13(20)6-4-12)19(24)21-10-18(23)22-14-7-8-16-17(9-14)26-11-25-16/h3-9,15H,2,10-11H2,1H3,(H,21,24)(H,22,23). The van der Waals surface area contributed by atoms with Gasteiger partial charge in [-0.1, -0.05) is 19.1 Å². The number of carbonyl (C=O) groups excluding carboxylic acids is 2. The molecule has 0 radical (unpaired) electrons. The fourth-order valence-corrected chi connectivity index (χ4v) is 2.74. The number of rotatable bonds is 6. The lowest BCUT2D eigenvalue weighted by atomic mass is 9.95. The molecule has 2 N–H and O–H groups in total. The SMILES string of the molecule is CCC(C(=O)NCC(=O)Nc1ccc2c(c1)OCO2)c1ccc(F)cc1. The fraction of sp³-hybridized carbons (Fsp3) is 0.263. The normalized spacial score (nSPS) is 13.2. The largest absolute Gasteiger partial charge is 0.454 e. The summed E-state index contributed by atoms with van der Waals surface area (Å²) in [5.74, 6) is -0.234. The lowest BCUT2D eigenvalue weighted by Crippen LogP contribution is -2.35. The van der Waals surface area contributed by atoms with Crippen LogP contribution in [0.25, 0.3) is 0 Å². The number of hydrogen-bond donors (Lipinski definition) is 2. The molecule has 0 saturated carbocycles. The Labute approximate surface area is 150 Å². The summed E-state index contributed by atoms with van der Waals surface area (Å²) in [6, 6.07) is 10.9. The molecule has 3 rings (SSSR count). The Morgan fingerprint density at radius 3 is 2.58 bits per heavy atom. The molecule has 2 aromatic carbocycles. The minimum absolute atomic E-state index is 0.157. The van der Waals surface area contributed by atoms with Crippen molar-refractivity contribution in [1.82, 2.24) is 5.32 Å². The number of anilines is 1. The molecule has 136 valence electrons. The Balaban J connectivity index is 1.54. The predicted octanol–water partition coefficient (Wildman–Crippen LogP) is 2.80. The smallest absolute Gasteiger partial charge is 0.243 e. The minimum atomic E-state index is -0.436. The Kier molecular flexibility index (Phi) is 5.36. The van der Waals surface area contributed by atoms with E-state index in [-0.39, 0.29) is 31.0 Å². The van der Waals surface area contributed by atoms with Crippen molar-refractivity contribution in [2.45, 2.75) is 19.3 Å². The van der Waals surface area contributed by atoms with Gasteiger partial charge in [0.1, 0.15) is 5.82 Å². The highest BCUT2D eigenvalue weighted by molar-refractivity contribution is 5.95. The molecule has 0 saturated heterocycles. The number of nitrogens with one attached hydrogen (secondary N) is 2. The highest BCUT2D eigenvalue weighted by Gasteiger charge is 2.19. The van der Waals surface area contributed by atoms with Crippen molar-refractivity contribution >= 4 is 17.5 Å². The summed E-state index contributed by atoms with van der Waals surface area (Å²) >= 11 is 0. The quantitative estimate of drug-likeness (QED) is 0.833. The molecule has 2 aromatic rings. The van der Waals surface area contributed by atoms with Gasteiger partial charge in [0.2, 0.25) is 18.6 Å². The maximum absolute atomic E-state index is 13.0. The van der Waals surface area contributed by atoms with E-state index in [9.17, 15) is 14.0 Å². The second kappa shape index (κ2) is 7.86. The number of benzene rings is 2. The number of amides is 2. The lowest BCUT2D eigenvalue weighted by Gasteiger charge is -2.15. The van der Waals surface area contributed by atoms with E-state index in [2.05, 4.69) is 10.6 Å². The topological polar surface area (TPSA) is 76.7 Å². The predicted molar refractivity (Wildman–Crippen MR) is 93.6 cm³/mol. The van der Waals surface area contributed by atoms with Gasteiger partial charge < -0.3 is 20.1 Å². The van der Waals surface area contributed by atoms with E-state index in [0.717, 1.165) is 0 Å². The van der Waals surface area contributed by atoms with Crippen LogP contribution in [0.4, 0.5) is 10.1 Å². The zero-order valence-electron chi connectivity index (χ0n) is 14.3. The van der Waals surface area contributed by atoms with Crippen LogP contribution in [0.1, 0.15) is 24.8 Å². The van der Waals surface area contributed by atoms with Crippen molar-refractivity contribution < 1.29 is 23.5 Å². The summed E-state index contributed by atoms with van der Waals surface area (Å²) in [4.78, 5) is 24.4. The maximum atomic E-state index is 13.0. The number of fused-ring (bicyclic) bond motifs is 1. The molecule has 1 heterocycles. The molecule has 1 aliphatic rings. The average Bonchev–Trinajstić information content (AvgIpc) is 3.10. The number of ether oxygens (including phenoxy) is 2. The molecule has 1 aliphatic heterocycles. The average molecular weight is 358 g/mol.